The van der Waals surface area contributed by atoms with E-state index in [4.69, 9.17) is 6.42 Å². The molecule has 0 aliphatic carbocycles. The molecule has 5 nitrogen and oxygen atoms in total. The van der Waals surface area contributed by atoms with Crippen molar-refractivity contribution in [3.8, 4) is 12.3 Å². The summed E-state index contributed by atoms with van der Waals surface area (Å²) >= 11 is 1.47. The molecule has 0 fully saturated rings. The molecule has 0 N–H and O–H groups in total. The van der Waals surface area contributed by atoms with Crippen molar-refractivity contribution >= 4 is 38.5 Å². The minimum absolute atomic E-state index is 0.326. The Labute approximate surface area is 160 Å². The maximum Gasteiger partial charge on any atom is 0.279 e. The van der Waals surface area contributed by atoms with Crippen molar-refractivity contribution in [3.63, 3.8) is 0 Å². The van der Waals surface area contributed by atoms with Crippen molar-refractivity contribution in [2.75, 3.05) is 0 Å². The standard InChI is InChI=1S/C21H16N4OS/c1-4-9-25-18-10-13(2)14(3)11-19(18)27-21(25)24-20(26)15-5-6-16-17(12-15)23-8-7-22-16/h1,5-8,10-12H,9H2,2-3H3. The van der Waals surface area contributed by atoms with Crippen LogP contribution < -0.4 is 4.80 Å². The van der Waals surface area contributed by atoms with E-state index in [9.17, 15) is 4.79 Å². The fraction of sp³-hybridized carbons (Fsp3) is 0.143. The molecule has 4 aromatic rings. The summed E-state index contributed by atoms with van der Waals surface area (Å²) in [7, 11) is 0. The minimum atomic E-state index is -0.326. The maximum atomic E-state index is 12.8. The van der Waals surface area contributed by atoms with Gasteiger partial charge in [-0.2, -0.15) is 4.99 Å². The Balaban J connectivity index is 1.86. The van der Waals surface area contributed by atoms with Gasteiger partial charge in [0.2, 0.25) is 0 Å². The predicted octanol–water partition coefficient (Wildman–Crippen LogP) is 3.64. The van der Waals surface area contributed by atoms with Crippen LogP contribution in [0.4, 0.5) is 0 Å². The Morgan fingerprint density at radius 1 is 1.15 bits per heavy atom. The first kappa shape index (κ1) is 17.1. The summed E-state index contributed by atoms with van der Waals surface area (Å²) in [4.78, 5) is 26.2. The van der Waals surface area contributed by atoms with Crippen LogP contribution in [-0.4, -0.2) is 20.4 Å². The molecular formula is C21H16N4OS. The van der Waals surface area contributed by atoms with Gasteiger partial charge in [0.1, 0.15) is 0 Å². The number of nitrogens with zero attached hydrogens (tertiary/aromatic N) is 4. The Morgan fingerprint density at radius 2 is 1.89 bits per heavy atom. The van der Waals surface area contributed by atoms with Crippen LogP contribution in [0, 0.1) is 26.2 Å². The van der Waals surface area contributed by atoms with Gasteiger partial charge in [0.15, 0.2) is 4.80 Å². The average molecular weight is 372 g/mol. The highest BCUT2D eigenvalue weighted by Gasteiger charge is 2.11. The second kappa shape index (κ2) is 6.78. The third-order valence-electron chi connectivity index (χ3n) is 4.46. The zero-order valence-electron chi connectivity index (χ0n) is 14.9. The maximum absolute atomic E-state index is 12.8. The van der Waals surface area contributed by atoms with E-state index in [0.717, 1.165) is 15.7 Å². The van der Waals surface area contributed by atoms with Crippen molar-refractivity contribution in [2.24, 2.45) is 4.99 Å². The topological polar surface area (TPSA) is 60.1 Å². The molecule has 0 saturated heterocycles. The highest BCUT2D eigenvalue weighted by atomic mass is 32.1. The first-order valence-electron chi connectivity index (χ1n) is 8.40. The second-order valence-electron chi connectivity index (χ2n) is 6.26. The molecule has 0 saturated carbocycles. The number of fused-ring (bicyclic) bond motifs is 2. The number of rotatable bonds is 2. The van der Waals surface area contributed by atoms with E-state index < -0.39 is 0 Å². The van der Waals surface area contributed by atoms with Crippen LogP contribution in [0.1, 0.15) is 21.5 Å². The van der Waals surface area contributed by atoms with Gasteiger partial charge in [-0.25, -0.2) is 0 Å². The van der Waals surface area contributed by atoms with E-state index >= 15 is 0 Å². The zero-order chi connectivity index (χ0) is 19.0. The molecule has 0 bridgehead atoms. The molecule has 27 heavy (non-hydrogen) atoms. The average Bonchev–Trinajstić information content (AvgIpc) is 2.98. The molecule has 2 aromatic carbocycles. The third kappa shape index (κ3) is 3.14. The van der Waals surface area contributed by atoms with E-state index in [-0.39, 0.29) is 5.91 Å². The molecule has 6 heteroatoms. The monoisotopic (exact) mass is 372 g/mol. The molecule has 132 valence electrons. The molecule has 0 aliphatic rings. The molecule has 4 rings (SSSR count). The van der Waals surface area contributed by atoms with Crippen molar-refractivity contribution in [3.05, 3.63) is 64.2 Å². The molecule has 0 radical (unpaired) electrons. The fourth-order valence-corrected chi connectivity index (χ4v) is 4.01. The van der Waals surface area contributed by atoms with Crippen LogP contribution in [0.2, 0.25) is 0 Å². The van der Waals surface area contributed by atoms with E-state index in [1.54, 1.807) is 30.6 Å². The molecule has 0 atom stereocenters. The highest BCUT2D eigenvalue weighted by molar-refractivity contribution is 7.16. The Morgan fingerprint density at radius 3 is 2.67 bits per heavy atom. The largest absolute Gasteiger partial charge is 0.305 e. The third-order valence-corrected chi connectivity index (χ3v) is 5.50. The number of aryl methyl sites for hydroxylation is 2. The summed E-state index contributed by atoms with van der Waals surface area (Å²) in [5.74, 6) is 2.33. The molecule has 0 unspecified atom stereocenters. The number of benzene rings is 2. The van der Waals surface area contributed by atoms with Gasteiger partial charge < -0.3 is 4.57 Å². The first-order chi connectivity index (χ1) is 13.1. The van der Waals surface area contributed by atoms with Gasteiger partial charge in [0.05, 0.1) is 27.8 Å². The number of carbonyl (C=O) groups is 1. The van der Waals surface area contributed by atoms with E-state index in [2.05, 4.69) is 46.9 Å². The number of terminal acetylenes is 1. The van der Waals surface area contributed by atoms with E-state index in [0.29, 0.717) is 22.4 Å². The summed E-state index contributed by atoms with van der Waals surface area (Å²) < 4.78 is 2.97. The second-order valence-corrected chi connectivity index (χ2v) is 7.26. The van der Waals surface area contributed by atoms with Crippen molar-refractivity contribution < 1.29 is 4.79 Å². The molecule has 0 spiro atoms. The molecular weight excluding hydrogens is 356 g/mol. The Bertz CT molecular complexity index is 1310. The van der Waals surface area contributed by atoms with Crippen LogP contribution in [0.5, 0.6) is 0 Å². The number of thiazole rings is 1. The quantitative estimate of drug-likeness (QED) is 0.505. The van der Waals surface area contributed by atoms with Crippen LogP contribution in [0.25, 0.3) is 21.3 Å². The molecule has 2 aromatic heterocycles. The number of aromatic nitrogens is 3. The normalized spacial score (nSPS) is 11.8. The predicted molar refractivity (Wildman–Crippen MR) is 108 cm³/mol. The van der Waals surface area contributed by atoms with Crippen molar-refractivity contribution in [2.45, 2.75) is 20.4 Å². The highest BCUT2D eigenvalue weighted by Crippen LogP contribution is 2.22. The van der Waals surface area contributed by atoms with Crippen molar-refractivity contribution in [1.29, 1.82) is 0 Å². The lowest BCUT2D eigenvalue weighted by atomic mass is 10.1. The SMILES string of the molecule is C#CCn1c(=NC(=O)c2ccc3nccnc3c2)sc2cc(C)c(C)cc21. The van der Waals surface area contributed by atoms with E-state index in [1.807, 2.05) is 4.57 Å². The van der Waals surface area contributed by atoms with Crippen molar-refractivity contribution in [1.82, 2.24) is 14.5 Å². The van der Waals surface area contributed by atoms with E-state index in [1.165, 1.54) is 22.5 Å². The van der Waals surface area contributed by atoms with Crippen LogP contribution >= 0.6 is 11.3 Å². The van der Waals surface area contributed by atoms with Crippen LogP contribution in [-0.2, 0) is 6.54 Å². The number of hydrogen-bond donors (Lipinski definition) is 0. The molecule has 2 heterocycles. The van der Waals surface area contributed by atoms with Crippen LogP contribution in [0.15, 0.2) is 47.7 Å². The molecule has 1 amide bonds. The molecule has 0 aliphatic heterocycles. The number of amides is 1. The lowest BCUT2D eigenvalue weighted by molar-refractivity contribution is 0.0998. The fourth-order valence-electron chi connectivity index (χ4n) is 2.90. The van der Waals surface area contributed by atoms with Gasteiger partial charge in [0, 0.05) is 18.0 Å². The van der Waals surface area contributed by atoms with Gasteiger partial charge in [-0.05, 0) is 55.3 Å². The Hall–Kier alpha value is -3.30. The van der Waals surface area contributed by atoms with Gasteiger partial charge in [0.25, 0.3) is 5.91 Å². The Kier molecular flexibility index (Phi) is 4.30. The number of carbonyl (C=O) groups excluding carboxylic acids is 1. The van der Waals surface area contributed by atoms with Crippen LogP contribution in [0.3, 0.4) is 0 Å². The first-order valence-corrected chi connectivity index (χ1v) is 9.22. The summed E-state index contributed by atoms with van der Waals surface area (Å²) in [6.07, 6.45) is 8.77. The lowest BCUT2D eigenvalue weighted by Crippen LogP contribution is -2.16. The van der Waals surface area contributed by atoms with Gasteiger partial charge >= 0.3 is 0 Å². The smallest absolute Gasteiger partial charge is 0.279 e. The van der Waals surface area contributed by atoms with Gasteiger partial charge in [-0.3, -0.25) is 14.8 Å². The summed E-state index contributed by atoms with van der Waals surface area (Å²) in [5, 5.41) is 0. The van der Waals surface area contributed by atoms with Gasteiger partial charge in [-0.15, -0.1) is 6.42 Å². The number of hydrogen-bond acceptors (Lipinski definition) is 4. The van der Waals surface area contributed by atoms with Gasteiger partial charge in [-0.1, -0.05) is 17.3 Å². The summed E-state index contributed by atoms with van der Waals surface area (Å²) in [5.41, 5.74) is 5.25. The minimum Gasteiger partial charge on any atom is -0.305 e. The summed E-state index contributed by atoms with van der Waals surface area (Å²) in [6.45, 7) is 4.49. The lowest BCUT2D eigenvalue weighted by Gasteiger charge is -2.03. The zero-order valence-corrected chi connectivity index (χ0v) is 15.7. The summed E-state index contributed by atoms with van der Waals surface area (Å²) in [6, 6.07) is 9.40.